The van der Waals surface area contributed by atoms with Crippen LogP contribution in [0.25, 0.3) is 0 Å². The maximum absolute atomic E-state index is 12.9. The van der Waals surface area contributed by atoms with Gasteiger partial charge in [-0.3, -0.25) is 4.79 Å². The lowest BCUT2D eigenvalue weighted by molar-refractivity contribution is -0.136. The van der Waals surface area contributed by atoms with Gasteiger partial charge >= 0.3 is 0 Å². The van der Waals surface area contributed by atoms with Crippen LogP contribution in [0.4, 0.5) is 17.5 Å². The Morgan fingerprint density at radius 3 is 2.53 bits per heavy atom. The summed E-state index contributed by atoms with van der Waals surface area (Å²) in [5.74, 6) is 2.79. The number of likely N-dealkylation sites (tertiary alicyclic amines) is 1. The summed E-state index contributed by atoms with van der Waals surface area (Å²) in [6.07, 6.45) is 13.2. The summed E-state index contributed by atoms with van der Waals surface area (Å²) >= 11 is 0. The molecule has 3 N–H and O–H groups in total. The van der Waals surface area contributed by atoms with Crippen molar-refractivity contribution in [1.82, 2.24) is 19.9 Å². The van der Waals surface area contributed by atoms with E-state index in [1.54, 1.807) is 13.3 Å². The lowest BCUT2D eigenvalue weighted by atomic mass is 9.89. The van der Waals surface area contributed by atoms with Crippen molar-refractivity contribution in [3.05, 3.63) is 30.1 Å². The third-order valence-electron chi connectivity index (χ3n) is 8.01. The van der Waals surface area contributed by atoms with Gasteiger partial charge in [-0.15, -0.1) is 0 Å². The number of carbonyl (C=O) groups excluding carboxylic acids is 1. The molecule has 194 valence electrons. The highest BCUT2D eigenvalue weighted by Crippen LogP contribution is 2.35. The number of piperidine rings is 1. The lowest BCUT2D eigenvalue weighted by Crippen LogP contribution is -2.41. The molecule has 9 nitrogen and oxygen atoms in total. The minimum Gasteiger partial charge on any atom is -0.481 e. The first kappa shape index (κ1) is 24.7. The number of carbonyl (C=O) groups is 1. The van der Waals surface area contributed by atoms with Gasteiger partial charge < -0.3 is 25.4 Å². The van der Waals surface area contributed by atoms with Crippen LogP contribution >= 0.6 is 0 Å². The topological polar surface area (TPSA) is 112 Å². The number of ether oxygens (including phenoxy) is 1. The van der Waals surface area contributed by atoms with Gasteiger partial charge in [-0.2, -0.15) is 4.98 Å². The van der Waals surface area contributed by atoms with Crippen LogP contribution in [0.15, 0.2) is 24.5 Å². The van der Waals surface area contributed by atoms with E-state index in [2.05, 4.69) is 25.5 Å². The predicted molar refractivity (Wildman–Crippen MR) is 139 cm³/mol. The molecule has 9 heteroatoms. The summed E-state index contributed by atoms with van der Waals surface area (Å²) in [6, 6.07) is 3.94. The average Bonchev–Trinajstić information content (AvgIpc) is 3.45. The number of pyridine rings is 1. The maximum Gasteiger partial charge on any atom is 0.229 e. The maximum atomic E-state index is 12.9. The lowest BCUT2D eigenvalue weighted by Gasteiger charge is -2.35. The molecule has 5 rings (SSSR count). The molecule has 0 radical (unpaired) electrons. The Bertz CT molecular complexity index is 1030. The molecule has 0 bridgehead atoms. The molecule has 0 spiro atoms. The Labute approximate surface area is 213 Å². The third kappa shape index (κ3) is 5.88. The van der Waals surface area contributed by atoms with E-state index in [0.717, 1.165) is 81.5 Å². The summed E-state index contributed by atoms with van der Waals surface area (Å²) in [6.45, 7) is 1.59. The van der Waals surface area contributed by atoms with Gasteiger partial charge in [0.15, 0.2) is 0 Å². The van der Waals surface area contributed by atoms with Crippen LogP contribution < -0.4 is 15.4 Å². The Balaban J connectivity index is 1.31. The number of nitrogens with zero attached hydrogens (tertiary/aromatic N) is 4. The molecule has 0 atom stereocenters. The van der Waals surface area contributed by atoms with Crippen LogP contribution in [0.2, 0.25) is 0 Å². The van der Waals surface area contributed by atoms with Gasteiger partial charge in [-0.05, 0) is 63.4 Å². The van der Waals surface area contributed by atoms with Gasteiger partial charge in [0.25, 0.3) is 0 Å². The normalized spacial score (nSPS) is 23.4. The molecule has 0 unspecified atom stereocenters. The molecule has 1 amide bonds. The number of amides is 1. The number of aliphatic hydroxyl groups is 1. The molecular weight excluding hydrogens is 456 g/mol. The number of aromatic nitrogens is 3. The van der Waals surface area contributed by atoms with Crippen molar-refractivity contribution in [3.63, 3.8) is 0 Å². The summed E-state index contributed by atoms with van der Waals surface area (Å²) in [7, 11) is 1.59. The van der Waals surface area contributed by atoms with E-state index in [1.165, 1.54) is 12.8 Å². The van der Waals surface area contributed by atoms with E-state index in [0.29, 0.717) is 23.7 Å². The first-order valence-electron chi connectivity index (χ1n) is 13.5. The highest BCUT2D eigenvalue weighted by molar-refractivity contribution is 5.79. The molecule has 2 aliphatic carbocycles. The zero-order valence-electron chi connectivity index (χ0n) is 21.2. The van der Waals surface area contributed by atoms with Crippen molar-refractivity contribution < 1.29 is 14.6 Å². The van der Waals surface area contributed by atoms with Crippen molar-refractivity contribution in [2.24, 2.45) is 5.92 Å². The number of rotatable bonds is 7. The number of aliphatic hydroxyl groups excluding tert-OH is 1. The van der Waals surface area contributed by atoms with Gasteiger partial charge in [-0.25, -0.2) is 9.97 Å². The molecule has 36 heavy (non-hydrogen) atoms. The van der Waals surface area contributed by atoms with Crippen molar-refractivity contribution in [3.8, 4) is 5.88 Å². The second-order valence-electron chi connectivity index (χ2n) is 10.4. The van der Waals surface area contributed by atoms with Gasteiger partial charge in [-0.1, -0.05) is 12.8 Å². The van der Waals surface area contributed by atoms with Crippen LogP contribution in [0.1, 0.15) is 75.7 Å². The van der Waals surface area contributed by atoms with Gasteiger partial charge in [0, 0.05) is 54.8 Å². The molecule has 1 saturated heterocycles. The monoisotopic (exact) mass is 494 g/mol. The van der Waals surface area contributed by atoms with Crippen LogP contribution in [-0.4, -0.2) is 63.2 Å². The van der Waals surface area contributed by atoms with E-state index < -0.39 is 0 Å². The van der Waals surface area contributed by atoms with Crippen LogP contribution in [-0.2, 0) is 4.79 Å². The van der Waals surface area contributed by atoms with E-state index in [1.807, 2.05) is 18.3 Å². The van der Waals surface area contributed by atoms with Gasteiger partial charge in [0.1, 0.15) is 5.82 Å². The SMILES string of the molecule is COc1cc(Nc2ncc(C3CCN(C(=O)C4CCCC4)CC3)c(N[C@H]3CC[C@H](O)CC3)n2)ccn1. The second kappa shape index (κ2) is 11.4. The van der Waals surface area contributed by atoms with E-state index in [-0.39, 0.29) is 18.1 Å². The Morgan fingerprint density at radius 2 is 1.81 bits per heavy atom. The zero-order valence-corrected chi connectivity index (χ0v) is 21.2. The summed E-state index contributed by atoms with van der Waals surface area (Å²) in [4.78, 5) is 28.7. The molecule has 3 fully saturated rings. The molecule has 3 heterocycles. The standard InChI is InChI=1S/C27H38N6O3/c1-36-24-16-21(10-13-28-24)31-27-29-17-23(25(32-27)30-20-6-8-22(34)9-7-20)18-11-14-33(15-12-18)26(35)19-4-2-3-5-19/h10,13,16-20,22,34H,2-9,11-12,14-15H2,1H3,(H2,28,29,30,31,32)/t20-,22-. The number of hydrogen-bond donors (Lipinski definition) is 3. The van der Waals surface area contributed by atoms with E-state index in [9.17, 15) is 9.90 Å². The minimum atomic E-state index is -0.200. The largest absolute Gasteiger partial charge is 0.481 e. The Morgan fingerprint density at radius 1 is 1.06 bits per heavy atom. The summed E-state index contributed by atoms with van der Waals surface area (Å²) in [5, 5.41) is 16.9. The smallest absolute Gasteiger partial charge is 0.229 e. The fraction of sp³-hybridized carbons (Fsp3) is 0.630. The first-order chi connectivity index (χ1) is 17.6. The fourth-order valence-electron chi connectivity index (χ4n) is 5.85. The van der Waals surface area contributed by atoms with Crippen molar-refractivity contribution in [2.45, 2.75) is 82.3 Å². The number of nitrogens with one attached hydrogen (secondary N) is 2. The molecule has 2 aromatic rings. The number of hydrogen-bond acceptors (Lipinski definition) is 8. The van der Waals surface area contributed by atoms with Crippen LogP contribution in [0.5, 0.6) is 5.88 Å². The van der Waals surface area contributed by atoms with Gasteiger partial charge in [0.05, 0.1) is 13.2 Å². The molecular formula is C27H38N6O3. The first-order valence-corrected chi connectivity index (χ1v) is 13.5. The second-order valence-corrected chi connectivity index (χ2v) is 10.4. The third-order valence-corrected chi connectivity index (χ3v) is 8.01. The zero-order chi connectivity index (χ0) is 24.9. The quantitative estimate of drug-likeness (QED) is 0.524. The van der Waals surface area contributed by atoms with Crippen LogP contribution in [0, 0.1) is 5.92 Å². The summed E-state index contributed by atoms with van der Waals surface area (Å²) in [5.41, 5.74) is 1.92. The highest BCUT2D eigenvalue weighted by Gasteiger charge is 2.32. The van der Waals surface area contributed by atoms with Crippen molar-refractivity contribution in [1.29, 1.82) is 0 Å². The predicted octanol–water partition coefficient (Wildman–Crippen LogP) is 4.24. The molecule has 0 aromatic carbocycles. The molecule has 3 aliphatic rings. The van der Waals surface area contributed by atoms with Crippen LogP contribution in [0.3, 0.4) is 0 Å². The Hall–Kier alpha value is -2.94. The van der Waals surface area contributed by atoms with Crippen molar-refractivity contribution in [2.75, 3.05) is 30.8 Å². The molecule has 2 saturated carbocycles. The van der Waals surface area contributed by atoms with Gasteiger partial charge in [0.2, 0.25) is 17.7 Å². The number of anilines is 3. The summed E-state index contributed by atoms with van der Waals surface area (Å²) < 4.78 is 5.23. The molecule has 1 aliphatic heterocycles. The van der Waals surface area contributed by atoms with E-state index in [4.69, 9.17) is 9.72 Å². The average molecular weight is 495 g/mol. The fourth-order valence-corrected chi connectivity index (χ4v) is 5.85. The van der Waals surface area contributed by atoms with E-state index >= 15 is 0 Å². The minimum absolute atomic E-state index is 0.200. The highest BCUT2D eigenvalue weighted by atomic mass is 16.5. The number of methoxy groups -OCH3 is 1. The molecule has 2 aromatic heterocycles. The van der Waals surface area contributed by atoms with Crippen molar-refractivity contribution >= 4 is 23.4 Å². The Kier molecular flexibility index (Phi) is 7.84.